The van der Waals surface area contributed by atoms with E-state index in [4.69, 9.17) is 0 Å². The summed E-state index contributed by atoms with van der Waals surface area (Å²) < 4.78 is 60.8. The Hall–Kier alpha value is -2.69. The average Bonchev–Trinajstić information content (AvgIpc) is 2.97. The summed E-state index contributed by atoms with van der Waals surface area (Å²) in [5.74, 6) is -0.0337. The van der Waals surface area contributed by atoms with E-state index in [1.165, 1.54) is 76.3 Å². The van der Waals surface area contributed by atoms with Crippen LogP contribution >= 0.6 is 0 Å². The smallest absolute Gasteiger partial charge is 0.294 e. The minimum atomic E-state index is -4.46. The maximum absolute atomic E-state index is 12.8. The van der Waals surface area contributed by atoms with Gasteiger partial charge in [-0.05, 0) is 43.2 Å². The van der Waals surface area contributed by atoms with Crippen LogP contribution < -0.4 is 10.2 Å². The van der Waals surface area contributed by atoms with Crippen LogP contribution in [0.1, 0.15) is 102 Å². The van der Waals surface area contributed by atoms with Gasteiger partial charge >= 0.3 is 0 Å². The predicted molar refractivity (Wildman–Crippen MR) is 176 cm³/mol. The summed E-state index contributed by atoms with van der Waals surface area (Å²) in [6.45, 7) is 4.23. The van der Waals surface area contributed by atoms with E-state index < -0.39 is 20.1 Å². The SMILES string of the molecule is CCCCCCCCCCCCCCCCS(=O)(=O)N/N=c1/cc(-c2ccccc2C)n(C)c2ccc(S(=O)(=O)O)cc12. The summed E-state index contributed by atoms with van der Waals surface area (Å²) >= 11 is 0. The summed E-state index contributed by atoms with van der Waals surface area (Å²) in [6, 6.07) is 13.8. The van der Waals surface area contributed by atoms with Crippen molar-refractivity contribution in [1.82, 2.24) is 9.40 Å². The van der Waals surface area contributed by atoms with Crippen LogP contribution in [0.2, 0.25) is 0 Å². The fraction of sp³-hybridized carbons (Fsp3) is 0.545. The molecule has 1 aromatic heterocycles. The van der Waals surface area contributed by atoms with Crippen molar-refractivity contribution < 1.29 is 21.4 Å². The van der Waals surface area contributed by atoms with Crippen molar-refractivity contribution in [2.45, 2.75) is 109 Å². The number of hydrogen-bond acceptors (Lipinski definition) is 5. The van der Waals surface area contributed by atoms with Crippen molar-refractivity contribution in [2.24, 2.45) is 12.1 Å². The van der Waals surface area contributed by atoms with E-state index in [0.29, 0.717) is 17.3 Å². The molecule has 0 saturated carbocycles. The topological polar surface area (TPSA) is 118 Å². The molecule has 10 heteroatoms. The van der Waals surface area contributed by atoms with Gasteiger partial charge in [0.25, 0.3) is 10.1 Å². The van der Waals surface area contributed by atoms with Crippen molar-refractivity contribution in [1.29, 1.82) is 0 Å². The number of hydrogen-bond donors (Lipinski definition) is 2. The Morgan fingerprint density at radius 2 is 1.33 bits per heavy atom. The first-order valence-electron chi connectivity index (χ1n) is 15.7. The highest BCUT2D eigenvalue weighted by Gasteiger charge is 2.15. The summed E-state index contributed by atoms with van der Waals surface area (Å²) in [5, 5.41) is 4.91. The largest absolute Gasteiger partial charge is 0.344 e. The predicted octanol–water partition coefficient (Wildman–Crippen LogP) is 7.62. The van der Waals surface area contributed by atoms with Gasteiger partial charge in [-0.25, -0.2) is 13.2 Å². The monoisotopic (exact) mass is 631 g/mol. The second-order valence-corrected chi connectivity index (χ2v) is 14.8. The molecule has 0 saturated heterocycles. The number of pyridine rings is 1. The molecule has 1 heterocycles. The molecule has 0 fully saturated rings. The minimum Gasteiger partial charge on any atom is -0.344 e. The minimum absolute atomic E-state index is 0.0337. The van der Waals surface area contributed by atoms with Crippen LogP contribution in [0.4, 0.5) is 0 Å². The molecule has 3 rings (SSSR count). The summed E-state index contributed by atoms with van der Waals surface area (Å²) in [4.78, 5) is 2.07. The van der Waals surface area contributed by atoms with Crippen LogP contribution in [0.5, 0.6) is 0 Å². The number of fused-ring (bicyclic) bond motifs is 1. The molecule has 0 atom stereocenters. The molecule has 0 unspecified atom stereocenters. The molecule has 0 aliphatic heterocycles. The maximum Gasteiger partial charge on any atom is 0.294 e. The van der Waals surface area contributed by atoms with Gasteiger partial charge in [-0.2, -0.15) is 13.5 Å². The molecule has 0 amide bonds. The van der Waals surface area contributed by atoms with Gasteiger partial charge in [0.1, 0.15) is 0 Å². The van der Waals surface area contributed by atoms with Gasteiger partial charge < -0.3 is 4.57 Å². The molecule has 0 aliphatic carbocycles. The van der Waals surface area contributed by atoms with Crippen molar-refractivity contribution in [3.05, 3.63) is 59.5 Å². The second kappa shape index (κ2) is 17.0. The molecule has 3 aromatic rings. The van der Waals surface area contributed by atoms with Crippen LogP contribution in [0, 0.1) is 6.92 Å². The lowest BCUT2D eigenvalue weighted by Gasteiger charge is -2.16. The molecular formula is C33H49N3O5S2. The van der Waals surface area contributed by atoms with Crippen LogP contribution in [0.15, 0.2) is 58.5 Å². The molecule has 8 nitrogen and oxygen atoms in total. The zero-order valence-corrected chi connectivity index (χ0v) is 27.6. The van der Waals surface area contributed by atoms with Crippen molar-refractivity contribution in [2.75, 3.05) is 5.75 Å². The van der Waals surface area contributed by atoms with Gasteiger partial charge in [0.05, 0.1) is 27.2 Å². The third kappa shape index (κ3) is 11.1. The molecule has 43 heavy (non-hydrogen) atoms. The average molecular weight is 632 g/mol. The zero-order valence-electron chi connectivity index (χ0n) is 26.0. The van der Waals surface area contributed by atoms with Crippen LogP contribution in [0.3, 0.4) is 0 Å². The summed E-state index contributed by atoms with van der Waals surface area (Å²) in [6.07, 6.45) is 16.7. The van der Waals surface area contributed by atoms with E-state index in [1.807, 2.05) is 42.8 Å². The number of nitrogens with one attached hydrogen (secondary N) is 1. The molecular weight excluding hydrogens is 583 g/mol. The third-order valence-corrected chi connectivity index (χ3v) is 10.1. The number of aryl methyl sites for hydroxylation is 2. The lowest BCUT2D eigenvalue weighted by atomic mass is 10.0. The Bertz CT molecular complexity index is 1610. The van der Waals surface area contributed by atoms with Gasteiger partial charge in [-0.1, -0.05) is 115 Å². The first-order valence-corrected chi connectivity index (χ1v) is 18.8. The van der Waals surface area contributed by atoms with Gasteiger partial charge in [-0.3, -0.25) is 4.55 Å². The van der Waals surface area contributed by atoms with E-state index in [9.17, 15) is 21.4 Å². The number of sulfonamides is 1. The highest BCUT2D eigenvalue weighted by Crippen LogP contribution is 2.26. The lowest BCUT2D eigenvalue weighted by Crippen LogP contribution is -2.25. The zero-order chi connectivity index (χ0) is 31.3. The summed E-state index contributed by atoms with van der Waals surface area (Å²) in [5.41, 5.74) is 3.39. The molecule has 0 bridgehead atoms. The van der Waals surface area contributed by atoms with E-state index >= 15 is 0 Å². The third-order valence-electron chi connectivity index (χ3n) is 8.03. The van der Waals surface area contributed by atoms with Gasteiger partial charge in [0, 0.05) is 18.0 Å². The van der Waals surface area contributed by atoms with E-state index in [0.717, 1.165) is 36.1 Å². The molecule has 0 spiro atoms. The Labute approximate surface area is 258 Å². The van der Waals surface area contributed by atoms with Gasteiger partial charge in [0.2, 0.25) is 10.0 Å². The Balaban J connectivity index is 1.61. The number of rotatable bonds is 19. The normalized spacial score (nSPS) is 12.7. The van der Waals surface area contributed by atoms with Crippen molar-refractivity contribution in [3.63, 3.8) is 0 Å². The molecule has 2 aromatic carbocycles. The second-order valence-electron chi connectivity index (χ2n) is 11.6. The molecule has 2 N–H and O–H groups in total. The fourth-order valence-electron chi connectivity index (χ4n) is 5.47. The highest BCUT2D eigenvalue weighted by atomic mass is 32.2. The highest BCUT2D eigenvalue weighted by molar-refractivity contribution is 7.89. The summed E-state index contributed by atoms with van der Waals surface area (Å²) in [7, 11) is -6.30. The van der Waals surface area contributed by atoms with Gasteiger partial charge in [0.15, 0.2) is 0 Å². The van der Waals surface area contributed by atoms with E-state index in [-0.39, 0.29) is 16.0 Å². The number of unbranched alkanes of at least 4 members (excludes halogenated alkanes) is 13. The standard InChI is InChI=1S/C33H49N3O5S2/c1-4-5-6-7-8-9-10-11-12-13-14-15-16-19-24-42(37,38)35-34-31-26-33(29-21-18-17-20-27(29)2)36(3)32-23-22-28(25-30(31)32)43(39,40)41/h17-18,20-23,25-26,35H,4-16,19,24H2,1-3H3,(H,39,40,41)/b34-31-. The van der Waals surface area contributed by atoms with Crippen LogP contribution in [0.25, 0.3) is 22.2 Å². The number of nitrogens with zero attached hydrogens (tertiary/aromatic N) is 2. The van der Waals surface area contributed by atoms with E-state index in [1.54, 1.807) is 12.1 Å². The van der Waals surface area contributed by atoms with Crippen LogP contribution in [-0.2, 0) is 27.2 Å². The van der Waals surface area contributed by atoms with Crippen molar-refractivity contribution >= 4 is 31.0 Å². The lowest BCUT2D eigenvalue weighted by molar-refractivity contribution is 0.483. The Morgan fingerprint density at radius 3 is 1.88 bits per heavy atom. The maximum atomic E-state index is 12.8. The quantitative estimate of drug-likeness (QED) is 0.0802. The number of benzene rings is 2. The van der Waals surface area contributed by atoms with E-state index in [2.05, 4.69) is 16.9 Å². The molecule has 0 radical (unpaired) electrons. The Morgan fingerprint density at radius 1 is 0.767 bits per heavy atom. The first-order chi connectivity index (χ1) is 20.5. The van der Waals surface area contributed by atoms with Gasteiger partial charge in [-0.15, -0.1) is 0 Å². The molecule has 0 aliphatic rings. The number of aromatic nitrogens is 1. The fourth-order valence-corrected chi connectivity index (χ4v) is 6.89. The first kappa shape index (κ1) is 34.8. The van der Waals surface area contributed by atoms with Crippen molar-refractivity contribution in [3.8, 4) is 11.3 Å². The molecule has 238 valence electrons. The Kier molecular flexibility index (Phi) is 13.7. The van der Waals surface area contributed by atoms with Crippen LogP contribution in [-0.4, -0.2) is 31.7 Å².